The van der Waals surface area contributed by atoms with Crippen LogP contribution >= 0.6 is 12.2 Å². The monoisotopic (exact) mass is 441 g/mol. The van der Waals surface area contributed by atoms with Crippen molar-refractivity contribution in [2.45, 2.75) is 13.0 Å². The quantitative estimate of drug-likeness (QED) is 0.465. The number of carbonyl (C=O) groups is 2. The molecule has 0 aliphatic carbocycles. The third-order valence-electron chi connectivity index (χ3n) is 4.84. The smallest absolute Gasteiger partial charge is 0.337 e. The number of methoxy groups -OCH3 is 3. The molecule has 3 rings (SSSR count). The fourth-order valence-corrected chi connectivity index (χ4v) is 3.54. The minimum atomic E-state index is -0.510. The Balaban J connectivity index is 1.93. The molecule has 0 saturated heterocycles. The summed E-state index contributed by atoms with van der Waals surface area (Å²) in [6.45, 7) is 1.78. The maximum absolute atomic E-state index is 13.3. The molecular formula is C22H23N3O5S. The first-order chi connectivity index (χ1) is 14.9. The number of esters is 1. The minimum Gasteiger partial charge on any atom is -0.497 e. The SMILES string of the molecule is COC(=O)c1ccc(C2NC(=S)NC(C)=C2C(=O)Nc2ccc(OC)cc2OC)cc1. The van der Waals surface area contributed by atoms with Crippen LogP contribution in [-0.4, -0.2) is 38.3 Å². The van der Waals surface area contributed by atoms with Crippen LogP contribution in [0.1, 0.15) is 28.9 Å². The van der Waals surface area contributed by atoms with Crippen molar-refractivity contribution >= 4 is 34.9 Å². The molecule has 2 aromatic carbocycles. The summed E-state index contributed by atoms with van der Waals surface area (Å²) < 4.78 is 15.3. The van der Waals surface area contributed by atoms with Crippen LogP contribution in [-0.2, 0) is 9.53 Å². The zero-order chi connectivity index (χ0) is 22.5. The molecule has 0 aromatic heterocycles. The van der Waals surface area contributed by atoms with E-state index in [0.717, 1.165) is 5.56 Å². The van der Waals surface area contributed by atoms with Gasteiger partial charge in [0.25, 0.3) is 5.91 Å². The normalized spacial score (nSPS) is 15.5. The molecule has 0 spiro atoms. The molecule has 0 fully saturated rings. The number of ether oxygens (including phenoxy) is 3. The Bertz CT molecular complexity index is 1050. The molecule has 31 heavy (non-hydrogen) atoms. The number of carbonyl (C=O) groups excluding carboxylic acids is 2. The summed E-state index contributed by atoms with van der Waals surface area (Å²) in [7, 11) is 4.40. The highest BCUT2D eigenvalue weighted by atomic mass is 32.1. The second-order valence-corrected chi connectivity index (χ2v) is 7.11. The van der Waals surface area contributed by atoms with E-state index in [0.29, 0.717) is 39.1 Å². The molecule has 0 radical (unpaired) electrons. The molecule has 1 aliphatic heterocycles. The van der Waals surface area contributed by atoms with E-state index in [1.54, 1.807) is 56.5 Å². The topological polar surface area (TPSA) is 97.9 Å². The van der Waals surface area contributed by atoms with Crippen molar-refractivity contribution in [2.75, 3.05) is 26.6 Å². The van der Waals surface area contributed by atoms with Gasteiger partial charge in [0.05, 0.1) is 44.2 Å². The lowest BCUT2D eigenvalue weighted by molar-refractivity contribution is -0.113. The van der Waals surface area contributed by atoms with E-state index in [1.165, 1.54) is 14.2 Å². The van der Waals surface area contributed by atoms with Gasteiger partial charge < -0.3 is 30.2 Å². The first-order valence-corrected chi connectivity index (χ1v) is 9.78. The Hall–Kier alpha value is -3.59. The predicted octanol–water partition coefficient (Wildman–Crippen LogP) is 2.92. The summed E-state index contributed by atoms with van der Waals surface area (Å²) in [5.41, 5.74) is 2.76. The molecular weight excluding hydrogens is 418 g/mol. The third kappa shape index (κ3) is 4.77. The van der Waals surface area contributed by atoms with Crippen LogP contribution in [0.3, 0.4) is 0 Å². The van der Waals surface area contributed by atoms with Crippen molar-refractivity contribution in [2.24, 2.45) is 0 Å². The Morgan fingerprint density at radius 1 is 1.03 bits per heavy atom. The number of anilines is 1. The molecule has 1 atom stereocenters. The number of thiocarbonyl (C=S) groups is 1. The first kappa shape index (κ1) is 22.1. The van der Waals surface area contributed by atoms with E-state index in [9.17, 15) is 9.59 Å². The molecule has 1 aliphatic rings. The average molecular weight is 442 g/mol. The van der Waals surface area contributed by atoms with Crippen molar-refractivity contribution in [3.05, 3.63) is 64.9 Å². The van der Waals surface area contributed by atoms with Gasteiger partial charge in [0, 0.05) is 11.8 Å². The molecule has 162 valence electrons. The van der Waals surface area contributed by atoms with E-state index in [-0.39, 0.29) is 5.91 Å². The van der Waals surface area contributed by atoms with Crippen molar-refractivity contribution in [3.63, 3.8) is 0 Å². The highest BCUT2D eigenvalue weighted by Gasteiger charge is 2.30. The second kappa shape index (κ2) is 9.48. The summed E-state index contributed by atoms with van der Waals surface area (Å²) >= 11 is 5.29. The molecule has 1 amide bonds. The third-order valence-corrected chi connectivity index (χ3v) is 5.06. The molecule has 9 heteroatoms. The maximum atomic E-state index is 13.3. The molecule has 8 nitrogen and oxygen atoms in total. The number of amides is 1. The van der Waals surface area contributed by atoms with Crippen LogP contribution in [0.15, 0.2) is 53.7 Å². The van der Waals surface area contributed by atoms with Gasteiger partial charge >= 0.3 is 5.97 Å². The van der Waals surface area contributed by atoms with Gasteiger partial charge in [-0.1, -0.05) is 12.1 Å². The Kier molecular flexibility index (Phi) is 6.76. The minimum absolute atomic E-state index is 0.328. The lowest BCUT2D eigenvalue weighted by Crippen LogP contribution is -2.45. The Labute approximate surface area is 185 Å². The van der Waals surface area contributed by atoms with Crippen LogP contribution in [0, 0.1) is 0 Å². The van der Waals surface area contributed by atoms with Gasteiger partial charge in [0.1, 0.15) is 11.5 Å². The molecule has 0 saturated carbocycles. The van der Waals surface area contributed by atoms with Gasteiger partial charge in [0.2, 0.25) is 0 Å². The number of hydrogen-bond donors (Lipinski definition) is 3. The van der Waals surface area contributed by atoms with E-state index < -0.39 is 12.0 Å². The van der Waals surface area contributed by atoms with Crippen LogP contribution < -0.4 is 25.4 Å². The summed E-state index contributed by atoms with van der Waals surface area (Å²) in [5.74, 6) is 0.319. The Morgan fingerprint density at radius 2 is 1.74 bits per heavy atom. The summed E-state index contributed by atoms with van der Waals surface area (Å²) in [6.07, 6.45) is 0. The summed E-state index contributed by atoms with van der Waals surface area (Å²) in [4.78, 5) is 25.0. The molecule has 1 heterocycles. The highest BCUT2D eigenvalue weighted by molar-refractivity contribution is 7.80. The fourth-order valence-electron chi connectivity index (χ4n) is 3.27. The number of allylic oxidation sites excluding steroid dienone is 1. The van der Waals surface area contributed by atoms with E-state index >= 15 is 0 Å². The standard InChI is InChI=1S/C22H23N3O5S/c1-12-18(20(26)24-16-10-9-15(28-2)11-17(16)29-3)19(25-22(31)23-12)13-5-7-14(8-6-13)21(27)30-4/h5-11,19H,1-4H3,(H,24,26)(H2,23,25,31). The average Bonchev–Trinajstić information content (AvgIpc) is 2.78. The lowest BCUT2D eigenvalue weighted by Gasteiger charge is -2.30. The van der Waals surface area contributed by atoms with Crippen LogP contribution in [0.2, 0.25) is 0 Å². The van der Waals surface area contributed by atoms with Gasteiger partial charge in [-0.05, 0) is 49.0 Å². The Morgan fingerprint density at radius 3 is 2.35 bits per heavy atom. The van der Waals surface area contributed by atoms with Crippen LogP contribution in [0.5, 0.6) is 11.5 Å². The van der Waals surface area contributed by atoms with Crippen molar-refractivity contribution < 1.29 is 23.8 Å². The summed E-state index contributed by atoms with van der Waals surface area (Å²) in [5, 5.41) is 9.41. The van der Waals surface area contributed by atoms with E-state index in [1.807, 2.05) is 0 Å². The van der Waals surface area contributed by atoms with Gasteiger partial charge in [0.15, 0.2) is 5.11 Å². The molecule has 1 unspecified atom stereocenters. The first-order valence-electron chi connectivity index (χ1n) is 9.37. The lowest BCUT2D eigenvalue weighted by atomic mass is 9.94. The van der Waals surface area contributed by atoms with Crippen molar-refractivity contribution in [1.82, 2.24) is 10.6 Å². The number of benzene rings is 2. The van der Waals surface area contributed by atoms with Gasteiger partial charge in [-0.2, -0.15) is 0 Å². The maximum Gasteiger partial charge on any atom is 0.337 e. The number of hydrogen-bond acceptors (Lipinski definition) is 6. The molecule has 2 aromatic rings. The molecule has 0 bridgehead atoms. The van der Waals surface area contributed by atoms with Gasteiger partial charge in [-0.25, -0.2) is 4.79 Å². The van der Waals surface area contributed by atoms with Gasteiger partial charge in [-0.15, -0.1) is 0 Å². The van der Waals surface area contributed by atoms with E-state index in [2.05, 4.69) is 16.0 Å². The largest absolute Gasteiger partial charge is 0.497 e. The predicted molar refractivity (Wildman–Crippen MR) is 120 cm³/mol. The highest BCUT2D eigenvalue weighted by Crippen LogP contribution is 2.32. The zero-order valence-electron chi connectivity index (χ0n) is 17.6. The summed E-state index contributed by atoms with van der Waals surface area (Å²) in [6, 6.07) is 11.4. The van der Waals surface area contributed by atoms with Crippen LogP contribution in [0.25, 0.3) is 0 Å². The molecule has 3 N–H and O–H groups in total. The van der Waals surface area contributed by atoms with Crippen LogP contribution in [0.4, 0.5) is 5.69 Å². The second-order valence-electron chi connectivity index (χ2n) is 6.70. The van der Waals surface area contributed by atoms with Gasteiger partial charge in [-0.3, -0.25) is 4.79 Å². The number of nitrogens with one attached hydrogen (secondary N) is 3. The fraction of sp³-hybridized carbons (Fsp3) is 0.227. The number of rotatable bonds is 6. The van der Waals surface area contributed by atoms with Crippen molar-refractivity contribution in [1.29, 1.82) is 0 Å². The van der Waals surface area contributed by atoms with Crippen molar-refractivity contribution in [3.8, 4) is 11.5 Å². The zero-order valence-corrected chi connectivity index (χ0v) is 18.4. The van der Waals surface area contributed by atoms with E-state index in [4.69, 9.17) is 26.4 Å².